The lowest BCUT2D eigenvalue weighted by Crippen LogP contribution is -2.28. The Morgan fingerprint density at radius 3 is 2.64 bits per heavy atom. The van der Waals surface area contributed by atoms with E-state index in [0.29, 0.717) is 11.5 Å². The zero-order chi connectivity index (χ0) is 10.6. The number of hydrogen-bond donors (Lipinski definition) is 4. The Labute approximate surface area is 82.6 Å². The maximum Gasteiger partial charge on any atom is 0.149 e. The number of hydrogen-bond acceptors (Lipinski definition) is 5. The molecular formula is C9H15N3O2. The molecule has 1 heterocycles. The fraction of sp³-hybridized carbons (Fsp3) is 0.444. The molecule has 0 amide bonds. The summed E-state index contributed by atoms with van der Waals surface area (Å²) in [6.07, 6.45) is 0. The first-order valence-electron chi connectivity index (χ1n) is 4.38. The molecule has 0 atom stereocenters. The normalized spacial score (nSPS) is 10.6. The summed E-state index contributed by atoms with van der Waals surface area (Å²) < 4.78 is 0. The van der Waals surface area contributed by atoms with Crippen LogP contribution in [0.2, 0.25) is 0 Å². The van der Waals surface area contributed by atoms with Crippen molar-refractivity contribution < 1.29 is 10.2 Å². The minimum atomic E-state index is -0.424. The van der Waals surface area contributed by atoms with E-state index >= 15 is 0 Å². The molecule has 5 nitrogen and oxygen atoms in total. The highest BCUT2D eigenvalue weighted by atomic mass is 16.3. The third kappa shape index (κ3) is 2.58. The largest absolute Gasteiger partial charge is 0.396 e. The maximum atomic E-state index is 8.86. The van der Waals surface area contributed by atoms with Crippen LogP contribution in [0.5, 0.6) is 0 Å². The molecule has 0 radical (unpaired) electrons. The van der Waals surface area contributed by atoms with Crippen molar-refractivity contribution in [1.82, 2.24) is 4.98 Å². The van der Waals surface area contributed by atoms with Crippen LogP contribution in [0.4, 0.5) is 11.5 Å². The molecule has 0 aliphatic heterocycles. The number of nitrogens with two attached hydrogens (primary N) is 1. The third-order valence-corrected chi connectivity index (χ3v) is 1.85. The predicted octanol–water partition coefficient (Wildman–Crippen LogP) is -0.263. The average molecular weight is 197 g/mol. The fourth-order valence-corrected chi connectivity index (χ4v) is 1.03. The Morgan fingerprint density at radius 2 is 2.07 bits per heavy atom. The van der Waals surface area contributed by atoms with Crippen molar-refractivity contribution in [3.63, 3.8) is 0 Å². The van der Waals surface area contributed by atoms with Gasteiger partial charge in [-0.15, -0.1) is 0 Å². The molecule has 78 valence electrons. The van der Waals surface area contributed by atoms with Gasteiger partial charge in [-0.05, 0) is 19.1 Å². The number of rotatable bonds is 4. The highest BCUT2D eigenvalue weighted by molar-refractivity contribution is 5.61. The molecule has 0 aliphatic rings. The van der Waals surface area contributed by atoms with E-state index in [0.717, 1.165) is 5.69 Å². The SMILES string of the molecule is Cc1ccc(N)c(NC(CO)CO)n1. The van der Waals surface area contributed by atoms with Gasteiger partial charge in [0.05, 0.1) is 24.9 Å². The second kappa shape index (κ2) is 4.78. The van der Waals surface area contributed by atoms with Crippen LogP contribution < -0.4 is 11.1 Å². The van der Waals surface area contributed by atoms with Crippen LogP contribution in [0, 0.1) is 6.92 Å². The van der Waals surface area contributed by atoms with Gasteiger partial charge in [-0.3, -0.25) is 0 Å². The van der Waals surface area contributed by atoms with Gasteiger partial charge in [-0.2, -0.15) is 0 Å². The summed E-state index contributed by atoms with van der Waals surface area (Å²) in [7, 11) is 0. The number of aliphatic hydroxyl groups is 2. The summed E-state index contributed by atoms with van der Waals surface area (Å²) in [5.41, 5.74) is 6.99. The second-order valence-electron chi connectivity index (χ2n) is 3.10. The van der Waals surface area contributed by atoms with E-state index in [2.05, 4.69) is 10.3 Å². The number of aliphatic hydroxyl groups excluding tert-OH is 2. The van der Waals surface area contributed by atoms with Gasteiger partial charge in [0.15, 0.2) is 0 Å². The van der Waals surface area contributed by atoms with Crippen LogP contribution in [-0.2, 0) is 0 Å². The van der Waals surface area contributed by atoms with Crippen molar-refractivity contribution in [2.75, 3.05) is 24.3 Å². The number of nitrogens with zero attached hydrogens (tertiary/aromatic N) is 1. The molecular weight excluding hydrogens is 182 g/mol. The van der Waals surface area contributed by atoms with Gasteiger partial charge in [-0.25, -0.2) is 4.98 Å². The van der Waals surface area contributed by atoms with Crippen LogP contribution in [0.15, 0.2) is 12.1 Å². The van der Waals surface area contributed by atoms with E-state index in [4.69, 9.17) is 15.9 Å². The van der Waals surface area contributed by atoms with Gasteiger partial charge >= 0.3 is 0 Å². The van der Waals surface area contributed by atoms with Crippen LogP contribution in [0.25, 0.3) is 0 Å². The molecule has 0 fully saturated rings. The Bertz CT molecular complexity index is 300. The molecule has 0 unspecified atom stereocenters. The van der Waals surface area contributed by atoms with E-state index in [-0.39, 0.29) is 13.2 Å². The number of aryl methyl sites for hydroxylation is 1. The van der Waals surface area contributed by atoms with E-state index in [1.54, 1.807) is 12.1 Å². The quantitative estimate of drug-likeness (QED) is 0.533. The summed E-state index contributed by atoms with van der Waals surface area (Å²) in [6, 6.07) is 3.11. The van der Waals surface area contributed by atoms with Crippen molar-refractivity contribution in [2.24, 2.45) is 0 Å². The standard InChI is InChI=1S/C9H15N3O2/c1-6-2-3-8(10)9(11-6)12-7(4-13)5-14/h2-3,7,13-14H,4-5,10H2,1H3,(H,11,12). The van der Waals surface area contributed by atoms with Crippen molar-refractivity contribution in [3.05, 3.63) is 17.8 Å². The molecule has 0 aliphatic carbocycles. The number of pyridine rings is 1. The van der Waals surface area contributed by atoms with Gasteiger partial charge in [0.1, 0.15) is 5.82 Å². The molecule has 1 aromatic rings. The van der Waals surface area contributed by atoms with Crippen molar-refractivity contribution in [1.29, 1.82) is 0 Å². The van der Waals surface area contributed by atoms with Crippen molar-refractivity contribution >= 4 is 11.5 Å². The highest BCUT2D eigenvalue weighted by Crippen LogP contribution is 2.15. The summed E-state index contributed by atoms with van der Waals surface area (Å²) in [4.78, 5) is 4.15. The lowest BCUT2D eigenvalue weighted by molar-refractivity contribution is 0.203. The van der Waals surface area contributed by atoms with Crippen LogP contribution in [-0.4, -0.2) is 34.5 Å². The lowest BCUT2D eigenvalue weighted by atomic mass is 10.3. The molecule has 14 heavy (non-hydrogen) atoms. The predicted molar refractivity (Wildman–Crippen MR) is 55.0 cm³/mol. The Hall–Kier alpha value is -1.33. The Balaban J connectivity index is 2.79. The highest BCUT2D eigenvalue weighted by Gasteiger charge is 2.08. The molecule has 0 bridgehead atoms. The Morgan fingerprint density at radius 1 is 1.43 bits per heavy atom. The van der Waals surface area contributed by atoms with Gasteiger partial charge in [0.25, 0.3) is 0 Å². The maximum absolute atomic E-state index is 8.86. The monoisotopic (exact) mass is 197 g/mol. The third-order valence-electron chi connectivity index (χ3n) is 1.85. The van der Waals surface area contributed by atoms with E-state index in [9.17, 15) is 0 Å². The number of nitrogens with one attached hydrogen (secondary N) is 1. The summed E-state index contributed by atoms with van der Waals surface area (Å²) in [6.45, 7) is 1.52. The molecule has 1 aromatic heterocycles. The second-order valence-corrected chi connectivity index (χ2v) is 3.10. The number of aromatic nitrogens is 1. The smallest absolute Gasteiger partial charge is 0.149 e. The van der Waals surface area contributed by atoms with Gasteiger partial charge in [0, 0.05) is 5.69 Å². The summed E-state index contributed by atoms with van der Waals surface area (Å²) in [5, 5.41) is 20.6. The van der Waals surface area contributed by atoms with E-state index in [1.807, 2.05) is 6.92 Å². The molecule has 5 heteroatoms. The summed E-state index contributed by atoms with van der Waals surface area (Å²) in [5.74, 6) is 0.498. The minimum Gasteiger partial charge on any atom is -0.396 e. The first-order valence-corrected chi connectivity index (χ1v) is 4.38. The fourth-order valence-electron chi connectivity index (χ4n) is 1.03. The summed E-state index contributed by atoms with van der Waals surface area (Å²) >= 11 is 0. The molecule has 0 spiro atoms. The van der Waals surface area contributed by atoms with E-state index < -0.39 is 6.04 Å². The average Bonchev–Trinajstić information content (AvgIpc) is 2.19. The zero-order valence-corrected chi connectivity index (χ0v) is 8.07. The topological polar surface area (TPSA) is 91.4 Å². The first-order chi connectivity index (χ1) is 6.67. The minimum absolute atomic E-state index is 0.161. The zero-order valence-electron chi connectivity index (χ0n) is 8.07. The molecule has 0 aromatic carbocycles. The van der Waals surface area contributed by atoms with Crippen LogP contribution in [0.1, 0.15) is 5.69 Å². The van der Waals surface area contributed by atoms with E-state index in [1.165, 1.54) is 0 Å². The van der Waals surface area contributed by atoms with Crippen LogP contribution >= 0.6 is 0 Å². The molecule has 5 N–H and O–H groups in total. The van der Waals surface area contributed by atoms with Crippen LogP contribution in [0.3, 0.4) is 0 Å². The van der Waals surface area contributed by atoms with Crippen molar-refractivity contribution in [2.45, 2.75) is 13.0 Å². The van der Waals surface area contributed by atoms with Gasteiger partial charge < -0.3 is 21.3 Å². The molecule has 0 saturated carbocycles. The van der Waals surface area contributed by atoms with Gasteiger partial charge in [-0.1, -0.05) is 0 Å². The lowest BCUT2D eigenvalue weighted by Gasteiger charge is -2.15. The van der Waals surface area contributed by atoms with Crippen molar-refractivity contribution in [3.8, 4) is 0 Å². The number of anilines is 2. The first kappa shape index (κ1) is 10.7. The number of nitrogen functional groups attached to an aromatic ring is 1. The Kier molecular flexibility index (Phi) is 3.67. The van der Waals surface area contributed by atoms with Gasteiger partial charge in [0.2, 0.25) is 0 Å². The molecule has 0 saturated heterocycles. The molecule has 1 rings (SSSR count).